The van der Waals surface area contributed by atoms with Crippen molar-refractivity contribution in [3.63, 3.8) is 0 Å². The number of anilines is 1. The molecule has 0 bridgehead atoms. The number of hydrogen-bond acceptors (Lipinski definition) is 9. The van der Waals surface area contributed by atoms with Crippen LogP contribution >= 0.6 is 0 Å². The SMILES string of the molecule is CCOC(c1ccc(F)cc1)c1nc(-c2ccc(S(=O)(=O)Nc3ccc(CCNCC(O)c4cccnc4)cc3)cc2)no1. The number of aromatic nitrogens is 3. The van der Waals surface area contributed by atoms with Gasteiger partial charge in [0.05, 0.1) is 11.0 Å². The number of aliphatic hydroxyl groups is 1. The molecule has 0 spiro atoms. The molecule has 0 saturated carbocycles. The average molecular weight is 618 g/mol. The summed E-state index contributed by atoms with van der Waals surface area (Å²) in [4.78, 5) is 8.52. The second-order valence-corrected chi connectivity index (χ2v) is 11.6. The molecule has 0 fully saturated rings. The molecule has 2 atom stereocenters. The zero-order valence-corrected chi connectivity index (χ0v) is 24.7. The summed E-state index contributed by atoms with van der Waals surface area (Å²) in [5, 5.41) is 17.5. The standard InChI is InChI=1S/C32H32FN5O5S/c1-2-42-30(23-7-11-26(33)12-8-23)32-36-31(37-43-32)24-9-15-28(16-10-24)44(40,41)38-27-13-5-22(6-14-27)17-19-35-21-29(39)25-4-3-18-34-20-25/h3-16,18,20,29-30,35,38-39H,2,17,19,21H2,1H3. The third-order valence-corrected chi connectivity index (χ3v) is 8.20. The highest BCUT2D eigenvalue weighted by atomic mass is 32.2. The summed E-state index contributed by atoms with van der Waals surface area (Å²) in [7, 11) is -3.85. The molecule has 0 aliphatic heterocycles. The first kappa shape index (κ1) is 31.0. The van der Waals surface area contributed by atoms with E-state index in [-0.39, 0.29) is 22.4 Å². The Hall–Kier alpha value is -4.49. The van der Waals surface area contributed by atoms with Crippen molar-refractivity contribution in [2.45, 2.75) is 30.4 Å². The fourth-order valence-corrected chi connectivity index (χ4v) is 5.53. The molecule has 228 valence electrons. The summed E-state index contributed by atoms with van der Waals surface area (Å²) >= 11 is 0. The fraction of sp³-hybridized carbons (Fsp3) is 0.219. The second kappa shape index (κ2) is 14.3. The molecule has 0 aliphatic rings. The molecule has 2 heterocycles. The van der Waals surface area contributed by atoms with Crippen LogP contribution in [0.3, 0.4) is 0 Å². The van der Waals surface area contributed by atoms with Crippen LogP contribution in [0.2, 0.25) is 0 Å². The average Bonchev–Trinajstić information content (AvgIpc) is 3.53. The minimum atomic E-state index is -3.85. The van der Waals surface area contributed by atoms with Crippen LogP contribution in [0.15, 0.2) is 107 Å². The van der Waals surface area contributed by atoms with E-state index in [1.165, 1.54) is 24.3 Å². The first-order valence-electron chi connectivity index (χ1n) is 14.0. The van der Waals surface area contributed by atoms with Crippen LogP contribution in [0.5, 0.6) is 0 Å². The third-order valence-electron chi connectivity index (χ3n) is 6.80. The number of aliphatic hydroxyl groups excluding tert-OH is 1. The lowest BCUT2D eigenvalue weighted by Gasteiger charge is -2.13. The van der Waals surface area contributed by atoms with Gasteiger partial charge in [-0.15, -0.1) is 0 Å². The van der Waals surface area contributed by atoms with Gasteiger partial charge in [-0.1, -0.05) is 35.5 Å². The van der Waals surface area contributed by atoms with Crippen LogP contribution in [0, 0.1) is 5.82 Å². The molecule has 0 saturated heterocycles. The van der Waals surface area contributed by atoms with E-state index in [1.54, 1.807) is 54.9 Å². The number of sulfonamides is 1. The van der Waals surface area contributed by atoms with Gasteiger partial charge in [0.1, 0.15) is 5.82 Å². The number of halogens is 1. The molecular formula is C32H32FN5O5S. The highest BCUT2D eigenvalue weighted by Gasteiger charge is 2.23. The van der Waals surface area contributed by atoms with E-state index in [0.717, 1.165) is 11.1 Å². The van der Waals surface area contributed by atoms with Gasteiger partial charge in [0, 0.05) is 42.4 Å². The van der Waals surface area contributed by atoms with Crippen LogP contribution in [-0.4, -0.2) is 48.3 Å². The summed E-state index contributed by atoms with van der Waals surface area (Å²) in [5.41, 5.74) is 3.43. The number of pyridine rings is 1. The van der Waals surface area contributed by atoms with E-state index >= 15 is 0 Å². The Morgan fingerprint density at radius 2 is 1.73 bits per heavy atom. The lowest BCUT2D eigenvalue weighted by atomic mass is 10.1. The van der Waals surface area contributed by atoms with Crippen LogP contribution in [0.4, 0.5) is 10.1 Å². The molecule has 0 radical (unpaired) electrons. The van der Waals surface area contributed by atoms with Gasteiger partial charge in [0.25, 0.3) is 15.9 Å². The highest BCUT2D eigenvalue weighted by molar-refractivity contribution is 7.92. The van der Waals surface area contributed by atoms with Crippen molar-refractivity contribution in [3.05, 3.63) is 126 Å². The van der Waals surface area contributed by atoms with Crippen molar-refractivity contribution in [1.29, 1.82) is 0 Å². The third kappa shape index (κ3) is 7.91. The van der Waals surface area contributed by atoms with Gasteiger partial charge in [-0.3, -0.25) is 9.71 Å². The number of nitrogens with zero attached hydrogens (tertiary/aromatic N) is 3. The normalized spacial score (nSPS) is 13.0. The Labute approximate surface area is 255 Å². The van der Waals surface area contributed by atoms with Gasteiger partial charge < -0.3 is 19.7 Å². The quantitative estimate of drug-likeness (QED) is 0.146. The summed E-state index contributed by atoms with van der Waals surface area (Å²) in [6.07, 6.45) is 2.70. The summed E-state index contributed by atoms with van der Waals surface area (Å²) in [5.74, 6) is 0.101. The van der Waals surface area contributed by atoms with Crippen LogP contribution < -0.4 is 10.0 Å². The molecule has 3 aromatic carbocycles. The maximum Gasteiger partial charge on any atom is 0.261 e. The van der Waals surface area contributed by atoms with Crippen LogP contribution in [-0.2, 0) is 21.2 Å². The number of hydrogen-bond donors (Lipinski definition) is 3. The molecular weight excluding hydrogens is 585 g/mol. The van der Waals surface area contributed by atoms with Gasteiger partial charge >= 0.3 is 0 Å². The highest BCUT2D eigenvalue weighted by Crippen LogP contribution is 2.28. The minimum Gasteiger partial charge on any atom is -0.387 e. The van der Waals surface area contributed by atoms with Gasteiger partial charge in [-0.05, 0) is 85.6 Å². The maximum absolute atomic E-state index is 13.4. The lowest BCUT2D eigenvalue weighted by molar-refractivity contribution is 0.0667. The molecule has 5 aromatic rings. The van der Waals surface area contributed by atoms with Gasteiger partial charge in [-0.2, -0.15) is 4.98 Å². The second-order valence-electron chi connectivity index (χ2n) is 9.93. The molecule has 12 heteroatoms. The number of benzene rings is 3. The van der Waals surface area contributed by atoms with E-state index in [4.69, 9.17) is 9.26 Å². The molecule has 44 heavy (non-hydrogen) atoms. The Balaban J connectivity index is 1.16. The topological polar surface area (TPSA) is 139 Å². The first-order chi connectivity index (χ1) is 21.3. The molecule has 0 amide bonds. The van der Waals surface area contributed by atoms with Crippen molar-refractivity contribution in [2.24, 2.45) is 0 Å². The van der Waals surface area contributed by atoms with Crippen molar-refractivity contribution in [3.8, 4) is 11.4 Å². The van der Waals surface area contributed by atoms with Gasteiger partial charge in [0.2, 0.25) is 5.82 Å². The van der Waals surface area contributed by atoms with E-state index in [2.05, 4.69) is 25.2 Å². The lowest BCUT2D eigenvalue weighted by Crippen LogP contribution is -2.23. The molecule has 2 aromatic heterocycles. The Morgan fingerprint density at radius 3 is 2.41 bits per heavy atom. The zero-order chi connectivity index (χ0) is 30.9. The molecule has 2 unspecified atom stereocenters. The summed E-state index contributed by atoms with van der Waals surface area (Å²) < 4.78 is 53.2. The van der Waals surface area contributed by atoms with E-state index in [1.807, 2.05) is 25.1 Å². The van der Waals surface area contributed by atoms with E-state index < -0.39 is 22.2 Å². The monoisotopic (exact) mass is 617 g/mol. The molecule has 0 aliphatic carbocycles. The predicted octanol–water partition coefficient (Wildman–Crippen LogP) is 5.06. The molecule has 5 rings (SSSR count). The summed E-state index contributed by atoms with van der Waals surface area (Å²) in [6.45, 7) is 3.25. The van der Waals surface area contributed by atoms with Gasteiger partial charge in [0.15, 0.2) is 6.10 Å². The first-order valence-corrected chi connectivity index (χ1v) is 15.5. The molecule has 3 N–H and O–H groups in total. The van der Waals surface area contributed by atoms with E-state index in [0.29, 0.717) is 42.9 Å². The Kier molecular flexibility index (Phi) is 10.1. The van der Waals surface area contributed by atoms with Crippen molar-refractivity contribution < 1.29 is 27.2 Å². The van der Waals surface area contributed by atoms with E-state index in [9.17, 15) is 17.9 Å². The van der Waals surface area contributed by atoms with Crippen LogP contribution in [0.1, 0.15) is 41.7 Å². The zero-order valence-electron chi connectivity index (χ0n) is 23.9. The van der Waals surface area contributed by atoms with Crippen molar-refractivity contribution in [1.82, 2.24) is 20.4 Å². The number of rotatable bonds is 14. The van der Waals surface area contributed by atoms with Crippen LogP contribution in [0.25, 0.3) is 11.4 Å². The largest absolute Gasteiger partial charge is 0.387 e. The minimum absolute atomic E-state index is 0.0731. The van der Waals surface area contributed by atoms with Gasteiger partial charge in [-0.25, -0.2) is 12.8 Å². The predicted molar refractivity (Wildman–Crippen MR) is 163 cm³/mol. The maximum atomic E-state index is 13.4. The number of nitrogens with one attached hydrogen (secondary N) is 2. The Bertz CT molecular complexity index is 1730. The molecule has 10 nitrogen and oxygen atoms in total. The smallest absolute Gasteiger partial charge is 0.261 e. The van der Waals surface area contributed by atoms with Crippen molar-refractivity contribution >= 4 is 15.7 Å². The van der Waals surface area contributed by atoms with Crippen molar-refractivity contribution in [2.75, 3.05) is 24.4 Å². The fourth-order valence-electron chi connectivity index (χ4n) is 4.47. The Morgan fingerprint density at radius 1 is 0.977 bits per heavy atom. The summed E-state index contributed by atoms with van der Waals surface area (Å²) in [6, 6.07) is 22.7. The number of ether oxygens (including phenoxy) is 1.